The summed E-state index contributed by atoms with van der Waals surface area (Å²) < 4.78 is 28.2. The molecule has 1 aliphatic heterocycles. The van der Waals surface area contributed by atoms with E-state index >= 15 is 0 Å². The summed E-state index contributed by atoms with van der Waals surface area (Å²) in [5.41, 5.74) is 6.34. The largest absolute Gasteiger partial charge is 0.435 e. The molecule has 1 aromatic rings. The number of ether oxygens (including phenoxy) is 1. The first-order valence-electron chi connectivity index (χ1n) is 5.70. The van der Waals surface area contributed by atoms with Crippen LogP contribution < -0.4 is 15.4 Å². The van der Waals surface area contributed by atoms with Crippen LogP contribution in [0.1, 0.15) is 12.8 Å². The van der Waals surface area contributed by atoms with Crippen molar-refractivity contribution in [3.63, 3.8) is 0 Å². The summed E-state index contributed by atoms with van der Waals surface area (Å²) in [5.74, 6) is -0.0636. The Balaban J connectivity index is 2.11. The highest BCUT2D eigenvalue weighted by molar-refractivity contribution is 5.97. The molecule has 4 nitrogen and oxygen atoms in total. The minimum absolute atomic E-state index is 0.0718. The molecule has 1 aliphatic rings. The number of hydrogen-bond donors (Lipinski definition) is 1. The molecule has 98 valence electrons. The number of benzene rings is 1. The zero-order valence-corrected chi connectivity index (χ0v) is 9.68. The van der Waals surface area contributed by atoms with Crippen molar-refractivity contribution in [2.75, 3.05) is 11.4 Å². The monoisotopic (exact) mass is 256 g/mol. The van der Waals surface area contributed by atoms with Gasteiger partial charge in [-0.15, -0.1) is 0 Å². The Morgan fingerprint density at radius 3 is 2.61 bits per heavy atom. The second kappa shape index (κ2) is 5.30. The number of nitrogens with zero attached hydrogens (tertiary/aromatic N) is 1. The Kier molecular flexibility index (Phi) is 3.76. The lowest BCUT2D eigenvalue weighted by Gasteiger charge is -2.30. The van der Waals surface area contributed by atoms with Gasteiger partial charge in [-0.1, -0.05) is 0 Å². The average molecular weight is 256 g/mol. The molecule has 1 atom stereocenters. The predicted molar refractivity (Wildman–Crippen MR) is 62.6 cm³/mol. The highest BCUT2D eigenvalue weighted by Crippen LogP contribution is 2.24. The second-order valence-corrected chi connectivity index (χ2v) is 4.11. The van der Waals surface area contributed by atoms with Gasteiger partial charge in [0.15, 0.2) is 0 Å². The van der Waals surface area contributed by atoms with Crippen LogP contribution in [0.25, 0.3) is 0 Å². The van der Waals surface area contributed by atoms with Gasteiger partial charge in [0, 0.05) is 12.2 Å². The van der Waals surface area contributed by atoms with Gasteiger partial charge in [0.1, 0.15) is 5.75 Å². The van der Waals surface area contributed by atoms with Crippen molar-refractivity contribution in [3.05, 3.63) is 24.3 Å². The van der Waals surface area contributed by atoms with E-state index in [4.69, 9.17) is 5.73 Å². The minimum atomic E-state index is -2.85. The lowest BCUT2D eigenvalue weighted by atomic mass is 10.0. The van der Waals surface area contributed by atoms with Crippen molar-refractivity contribution in [1.29, 1.82) is 0 Å². The van der Waals surface area contributed by atoms with Crippen molar-refractivity contribution in [2.45, 2.75) is 25.5 Å². The van der Waals surface area contributed by atoms with Gasteiger partial charge in [0.05, 0.1) is 6.04 Å². The number of amides is 1. The Labute approximate surface area is 103 Å². The molecule has 0 aliphatic carbocycles. The minimum Gasteiger partial charge on any atom is -0.435 e. The predicted octanol–water partition coefficient (Wildman–Crippen LogP) is 1.74. The fourth-order valence-electron chi connectivity index (χ4n) is 1.97. The molecular weight excluding hydrogens is 242 g/mol. The maximum Gasteiger partial charge on any atom is 0.387 e. The molecule has 18 heavy (non-hydrogen) atoms. The van der Waals surface area contributed by atoms with E-state index in [9.17, 15) is 13.6 Å². The molecule has 2 N–H and O–H groups in total. The van der Waals surface area contributed by atoms with Crippen LogP contribution >= 0.6 is 0 Å². The smallest absolute Gasteiger partial charge is 0.387 e. The van der Waals surface area contributed by atoms with E-state index < -0.39 is 12.7 Å². The number of nitrogens with two attached hydrogens (primary N) is 1. The molecule has 6 heteroatoms. The van der Waals surface area contributed by atoms with Gasteiger partial charge < -0.3 is 15.4 Å². The Bertz CT molecular complexity index is 423. The summed E-state index contributed by atoms with van der Waals surface area (Å²) in [5, 5.41) is 0. The maximum absolute atomic E-state index is 12.0. The molecule has 1 unspecified atom stereocenters. The topological polar surface area (TPSA) is 55.6 Å². The van der Waals surface area contributed by atoms with Crippen LogP contribution in [0.4, 0.5) is 14.5 Å². The van der Waals surface area contributed by atoms with Gasteiger partial charge >= 0.3 is 6.61 Å². The third-order valence-electron chi connectivity index (χ3n) is 2.85. The summed E-state index contributed by atoms with van der Waals surface area (Å²) in [6.07, 6.45) is 1.52. The van der Waals surface area contributed by atoms with Crippen molar-refractivity contribution in [2.24, 2.45) is 5.73 Å². The average Bonchev–Trinajstić information content (AvgIpc) is 2.33. The molecular formula is C12H14F2N2O2. The molecule has 1 heterocycles. The van der Waals surface area contributed by atoms with E-state index in [1.165, 1.54) is 12.1 Å². The van der Waals surface area contributed by atoms with Crippen LogP contribution in [0.15, 0.2) is 24.3 Å². The molecule has 2 rings (SSSR count). The molecule has 0 saturated carbocycles. The Hall–Kier alpha value is -1.69. The molecule has 0 bridgehead atoms. The summed E-state index contributed by atoms with van der Waals surface area (Å²) in [4.78, 5) is 13.4. The summed E-state index contributed by atoms with van der Waals surface area (Å²) in [6.45, 7) is -2.25. The molecule has 0 radical (unpaired) electrons. The van der Waals surface area contributed by atoms with E-state index in [0.717, 1.165) is 6.42 Å². The molecule has 1 amide bonds. The normalized spacial score (nSPS) is 20.3. The molecule has 1 saturated heterocycles. The van der Waals surface area contributed by atoms with Gasteiger partial charge in [0.25, 0.3) is 0 Å². The highest BCUT2D eigenvalue weighted by atomic mass is 19.3. The summed E-state index contributed by atoms with van der Waals surface area (Å²) in [7, 11) is 0. The fraction of sp³-hybridized carbons (Fsp3) is 0.417. The molecule has 1 aromatic carbocycles. The quantitative estimate of drug-likeness (QED) is 0.896. The summed E-state index contributed by atoms with van der Waals surface area (Å²) >= 11 is 0. The summed E-state index contributed by atoms with van der Waals surface area (Å²) in [6, 6.07) is 5.50. The lowest BCUT2D eigenvalue weighted by molar-refractivity contribution is -0.120. The fourth-order valence-corrected chi connectivity index (χ4v) is 1.97. The number of rotatable bonds is 3. The number of piperidine rings is 1. The second-order valence-electron chi connectivity index (χ2n) is 4.11. The van der Waals surface area contributed by atoms with Crippen LogP contribution in [-0.4, -0.2) is 25.1 Å². The zero-order valence-electron chi connectivity index (χ0n) is 9.68. The maximum atomic E-state index is 12.0. The van der Waals surface area contributed by atoms with Crippen molar-refractivity contribution >= 4 is 11.6 Å². The molecule has 0 aromatic heterocycles. The zero-order chi connectivity index (χ0) is 13.1. The van der Waals surface area contributed by atoms with Crippen molar-refractivity contribution in [3.8, 4) is 5.75 Å². The van der Waals surface area contributed by atoms with E-state index in [1.54, 1.807) is 17.0 Å². The first kappa shape index (κ1) is 12.8. The first-order chi connectivity index (χ1) is 8.58. The van der Waals surface area contributed by atoms with Gasteiger partial charge in [-0.2, -0.15) is 8.78 Å². The third kappa shape index (κ3) is 2.76. The van der Waals surface area contributed by atoms with Crippen LogP contribution in [-0.2, 0) is 4.79 Å². The number of hydrogen-bond acceptors (Lipinski definition) is 3. The van der Waals surface area contributed by atoms with Gasteiger partial charge in [-0.3, -0.25) is 4.79 Å². The van der Waals surface area contributed by atoms with Crippen molar-refractivity contribution in [1.82, 2.24) is 0 Å². The molecule has 0 spiro atoms. The van der Waals surface area contributed by atoms with E-state index in [-0.39, 0.29) is 11.7 Å². The van der Waals surface area contributed by atoms with Crippen LogP contribution in [0, 0.1) is 0 Å². The van der Waals surface area contributed by atoms with Crippen LogP contribution in [0.5, 0.6) is 5.75 Å². The van der Waals surface area contributed by atoms with Crippen LogP contribution in [0.2, 0.25) is 0 Å². The standard InChI is InChI=1S/C12H14F2N2O2/c13-12(14)18-9-5-3-8(4-6-9)16-7-1-2-10(15)11(16)17/h3-6,10,12H,1-2,7,15H2. The number of carbonyl (C=O) groups is 1. The number of anilines is 1. The third-order valence-corrected chi connectivity index (χ3v) is 2.85. The number of carbonyl (C=O) groups excluding carboxylic acids is 1. The molecule has 1 fully saturated rings. The number of halogens is 2. The first-order valence-corrected chi connectivity index (χ1v) is 5.70. The SMILES string of the molecule is NC1CCCN(c2ccc(OC(F)F)cc2)C1=O. The van der Waals surface area contributed by atoms with Gasteiger partial charge in [-0.25, -0.2) is 0 Å². The highest BCUT2D eigenvalue weighted by Gasteiger charge is 2.26. The Morgan fingerprint density at radius 1 is 1.33 bits per heavy atom. The van der Waals surface area contributed by atoms with E-state index in [2.05, 4.69) is 4.74 Å². The van der Waals surface area contributed by atoms with E-state index in [0.29, 0.717) is 18.7 Å². The van der Waals surface area contributed by atoms with Gasteiger partial charge in [-0.05, 0) is 37.1 Å². The van der Waals surface area contributed by atoms with Crippen molar-refractivity contribution < 1.29 is 18.3 Å². The van der Waals surface area contributed by atoms with Gasteiger partial charge in [0.2, 0.25) is 5.91 Å². The number of alkyl halides is 2. The van der Waals surface area contributed by atoms with E-state index in [1.807, 2.05) is 0 Å². The van der Waals surface area contributed by atoms with Crippen LogP contribution in [0.3, 0.4) is 0 Å². The Morgan fingerprint density at radius 2 is 2.00 bits per heavy atom. The lowest BCUT2D eigenvalue weighted by Crippen LogP contribution is -2.48.